The molecule has 7 nitrogen and oxygen atoms in total. The van der Waals surface area contributed by atoms with Crippen molar-refractivity contribution in [2.24, 2.45) is 0 Å². The lowest BCUT2D eigenvalue weighted by molar-refractivity contribution is -0.117. The van der Waals surface area contributed by atoms with Crippen LogP contribution in [-0.4, -0.2) is 58.2 Å². The predicted molar refractivity (Wildman–Crippen MR) is 83.9 cm³/mol. The van der Waals surface area contributed by atoms with Crippen molar-refractivity contribution in [1.29, 1.82) is 0 Å². The number of nitrogens with zero attached hydrogens (tertiary/aromatic N) is 5. The van der Waals surface area contributed by atoms with E-state index in [4.69, 9.17) is 0 Å². The summed E-state index contributed by atoms with van der Waals surface area (Å²) in [5.74, 6) is -0.0401. The van der Waals surface area contributed by atoms with Crippen LogP contribution < -0.4 is 10.2 Å². The van der Waals surface area contributed by atoms with Crippen molar-refractivity contribution in [1.82, 2.24) is 20.1 Å². The fourth-order valence-electron chi connectivity index (χ4n) is 2.41. The third kappa shape index (κ3) is 3.55. The highest BCUT2D eigenvalue weighted by Crippen LogP contribution is 2.22. The summed E-state index contributed by atoms with van der Waals surface area (Å²) in [6, 6.07) is 0.347. The molecule has 1 saturated heterocycles. The van der Waals surface area contributed by atoms with Gasteiger partial charge in [-0.25, -0.2) is 4.98 Å². The van der Waals surface area contributed by atoms with Crippen molar-refractivity contribution in [2.45, 2.75) is 13.0 Å². The number of piperazine rings is 1. The summed E-state index contributed by atoms with van der Waals surface area (Å²) in [4.78, 5) is 20.8. The fraction of sp³-hybridized carbons (Fsp3) is 0.500. The minimum atomic E-state index is -0.0401. The van der Waals surface area contributed by atoms with E-state index in [0.717, 1.165) is 24.8 Å². The Morgan fingerprint density at radius 2 is 2.38 bits per heavy atom. The molecule has 0 spiro atoms. The van der Waals surface area contributed by atoms with Gasteiger partial charge < -0.3 is 4.90 Å². The first-order valence-corrected chi connectivity index (χ1v) is 8.43. The number of nitrogens with one attached hydrogen (secondary N) is 1. The molecule has 3 heterocycles. The molecule has 0 aliphatic carbocycles. The summed E-state index contributed by atoms with van der Waals surface area (Å²) in [7, 11) is 0. The lowest BCUT2D eigenvalue weighted by Crippen LogP contribution is -2.53. The molecule has 1 atom stereocenters. The van der Waals surface area contributed by atoms with Gasteiger partial charge in [0.15, 0.2) is 5.13 Å². The zero-order chi connectivity index (χ0) is 14.7. The Morgan fingerprint density at radius 3 is 3.05 bits per heavy atom. The maximum atomic E-state index is 12.0. The van der Waals surface area contributed by atoms with Crippen LogP contribution in [0.4, 0.5) is 10.3 Å². The molecule has 1 amide bonds. The highest BCUT2D eigenvalue weighted by molar-refractivity contribution is 7.13. The lowest BCUT2D eigenvalue weighted by Gasteiger charge is -2.39. The van der Waals surface area contributed by atoms with Gasteiger partial charge in [-0.3, -0.25) is 15.0 Å². The second-order valence-corrected chi connectivity index (χ2v) is 6.59. The van der Waals surface area contributed by atoms with Crippen LogP contribution in [0.15, 0.2) is 17.1 Å². The molecule has 2 aromatic rings. The molecule has 1 fully saturated rings. The zero-order valence-electron chi connectivity index (χ0n) is 11.6. The van der Waals surface area contributed by atoms with Gasteiger partial charge in [0.2, 0.25) is 11.0 Å². The van der Waals surface area contributed by atoms with Crippen LogP contribution in [0.1, 0.15) is 6.92 Å². The van der Waals surface area contributed by atoms with Crippen LogP contribution in [0.2, 0.25) is 0 Å². The largest absolute Gasteiger partial charge is 0.343 e. The van der Waals surface area contributed by atoms with Crippen LogP contribution >= 0.6 is 22.7 Å². The Bertz CT molecular complexity index is 573. The molecule has 0 aromatic carbocycles. The van der Waals surface area contributed by atoms with Crippen molar-refractivity contribution in [2.75, 3.05) is 36.4 Å². The Kier molecular flexibility index (Phi) is 4.42. The summed E-state index contributed by atoms with van der Waals surface area (Å²) in [5.41, 5.74) is 1.60. The van der Waals surface area contributed by atoms with Crippen molar-refractivity contribution in [3.8, 4) is 0 Å². The molecule has 1 aliphatic rings. The van der Waals surface area contributed by atoms with E-state index >= 15 is 0 Å². The first kappa shape index (κ1) is 14.4. The van der Waals surface area contributed by atoms with Gasteiger partial charge in [0.05, 0.1) is 6.54 Å². The highest BCUT2D eigenvalue weighted by atomic mass is 32.1. The molecule has 0 saturated carbocycles. The second kappa shape index (κ2) is 6.46. The smallest absolute Gasteiger partial charge is 0.240 e. The fourth-order valence-corrected chi connectivity index (χ4v) is 3.64. The third-order valence-electron chi connectivity index (χ3n) is 3.35. The quantitative estimate of drug-likeness (QED) is 0.909. The van der Waals surface area contributed by atoms with E-state index in [1.54, 1.807) is 16.8 Å². The summed E-state index contributed by atoms with van der Waals surface area (Å²) >= 11 is 2.98. The second-order valence-electron chi connectivity index (χ2n) is 4.88. The van der Waals surface area contributed by atoms with Gasteiger partial charge in [-0.15, -0.1) is 21.5 Å². The maximum Gasteiger partial charge on any atom is 0.240 e. The SMILES string of the molecule is C[C@H]1CN(CC(=O)Nc2nncs2)CCN1c1nccs1. The van der Waals surface area contributed by atoms with Gasteiger partial charge in [0.1, 0.15) is 5.51 Å². The van der Waals surface area contributed by atoms with E-state index in [-0.39, 0.29) is 5.91 Å². The lowest BCUT2D eigenvalue weighted by atomic mass is 10.2. The average molecular weight is 324 g/mol. The molecule has 112 valence electrons. The van der Waals surface area contributed by atoms with Crippen molar-refractivity contribution < 1.29 is 4.79 Å². The highest BCUT2D eigenvalue weighted by Gasteiger charge is 2.26. The molecular formula is C12H16N6OS2. The molecule has 21 heavy (non-hydrogen) atoms. The number of rotatable bonds is 4. The van der Waals surface area contributed by atoms with Crippen molar-refractivity contribution in [3.05, 3.63) is 17.1 Å². The summed E-state index contributed by atoms with van der Waals surface area (Å²) < 4.78 is 0. The van der Waals surface area contributed by atoms with E-state index in [0.29, 0.717) is 17.7 Å². The number of hydrogen-bond donors (Lipinski definition) is 1. The van der Waals surface area contributed by atoms with E-state index in [1.807, 2.05) is 11.6 Å². The topological polar surface area (TPSA) is 74.2 Å². The predicted octanol–water partition coefficient (Wildman–Crippen LogP) is 1.14. The molecule has 0 bridgehead atoms. The Morgan fingerprint density at radius 1 is 1.48 bits per heavy atom. The van der Waals surface area contributed by atoms with E-state index in [9.17, 15) is 4.79 Å². The van der Waals surface area contributed by atoms with Gasteiger partial charge >= 0.3 is 0 Å². The van der Waals surface area contributed by atoms with Gasteiger partial charge in [-0.2, -0.15) is 0 Å². The number of anilines is 2. The van der Waals surface area contributed by atoms with E-state index < -0.39 is 0 Å². The normalized spacial score (nSPS) is 19.7. The maximum absolute atomic E-state index is 12.0. The third-order valence-corrected chi connectivity index (χ3v) is 4.77. The summed E-state index contributed by atoms with van der Waals surface area (Å²) in [6.07, 6.45) is 1.83. The number of hydrogen-bond acceptors (Lipinski definition) is 8. The number of carbonyl (C=O) groups excluding carboxylic acids is 1. The van der Waals surface area contributed by atoms with E-state index in [1.165, 1.54) is 11.3 Å². The Balaban J connectivity index is 1.51. The van der Waals surface area contributed by atoms with Crippen molar-refractivity contribution in [3.63, 3.8) is 0 Å². The molecular weight excluding hydrogens is 308 g/mol. The Hall–Kier alpha value is -1.58. The average Bonchev–Trinajstić information content (AvgIpc) is 3.11. The van der Waals surface area contributed by atoms with Crippen LogP contribution in [0.3, 0.4) is 0 Å². The van der Waals surface area contributed by atoms with Crippen LogP contribution in [0.25, 0.3) is 0 Å². The van der Waals surface area contributed by atoms with Crippen LogP contribution in [0.5, 0.6) is 0 Å². The minimum Gasteiger partial charge on any atom is -0.343 e. The van der Waals surface area contributed by atoms with Gasteiger partial charge in [0, 0.05) is 37.3 Å². The number of aromatic nitrogens is 3. The van der Waals surface area contributed by atoms with Crippen molar-refractivity contribution >= 4 is 38.8 Å². The van der Waals surface area contributed by atoms with E-state index in [2.05, 4.69) is 37.2 Å². The molecule has 2 aromatic heterocycles. The first-order chi connectivity index (χ1) is 10.2. The molecule has 9 heteroatoms. The minimum absolute atomic E-state index is 0.0401. The monoisotopic (exact) mass is 324 g/mol. The van der Waals surface area contributed by atoms with Gasteiger partial charge in [0.25, 0.3) is 0 Å². The number of amides is 1. The van der Waals surface area contributed by atoms with Gasteiger partial charge in [-0.1, -0.05) is 11.3 Å². The molecule has 3 rings (SSSR count). The van der Waals surface area contributed by atoms with Crippen LogP contribution in [-0.2, 0) is 4.79 Å². The molecule has 0 radical (unpaired) electrons. The zero-order valence-corrected chi connectivity index (χ0v) is 13.2. The van der Waals surface area contributed by atoms with Gasteiger partial charge in [-0.05, 0) is 6.92 Å². The Labute approximate surface area is 130 Å². The molecule has 0 unspecified atom stereocenters. The number of thiazole rings is 1. The standard InChI is InChI=1S/C12H16N6OS2/c1-9-6-17(3-4-18(9)12-13-2-5-20-12)7-10(19)15-11-16-14-8-21-11/h2,5,8-9H,3-4,6-7H2,1H3,(H,15,16,19)/t9-/m0/s1. The molecule has 1 N–H and O–H groups in total. The first-order valence-electron chi connectivity index (χ1n) is 6.67. The molecule has 1 aliphatic heterocycles. The summed E-state index contributed by atoms with van der Waals surface area (Å²) in [5, 5.41) is 13.9. The summed E-state index contributed by atoms with van der Waals surface area (Å²) in [6.45, 7) is 5.14. The van der Waals surface area contributed by atoms with Crippen LogP contribution in [0, 0.1) is 0 Å². The number of carbonyl (C=O) groups is 1.